The fourth-order valence-corrected chi connectivity index (χ4v) is 3.44. The molecule has 0 spiro atoms. The molecule has 0 bridgehead atoms. The first-order chi connectivity index (χ1) is 13.6. The zero-order valence-corrected chi connectivity index (χ0v) is 16.2. The maximum atomic E-state index is 12.1. The summed E-state index contributed by atoms with van der Waals surface area (Å²) >= 11 is 0. The zero-order valence-electron chi connectivity index (χ0n) is 16.2. The van der Waals surface area contributed by atoms with Crippen LogP contribution >= 0.6 is 0 Å². The summed E-state index contributed by atoms with van der Waals surface area (Å²) in [5.41, 5.74) is 9.41. The highest BCUT2D eigenvalue weighted by Gasteiger charge is 2.14. The first-order valence-corrected chi connectivity index (χ1v) is 9.52. The maximum absolute atomic E-state index is 12.1. The molecule has 1 saturated heterocycles. The number of amidine groups is 1. The average molecular weight is 381 g/mol. The molecule has 1 aliphatic rings. The van der Waals surface area contributed by atoms with E-state index in [1.165, 1.54) is 7.11 Å². The van der Waals surface area contributed by atoms with Crippen LogP contribution < -0.4 is 11.1 Å². The van der Waals surface area contributed by atoms with Gasteiger partial charge in [0.2, 0.25) is 0 Å². The van der Waals surface area contributed by atoms with Crippen LogP contribution in [0, 0.1) is 11.3 Å². The molecule has 0 radical (unpaired) electrons. The molecule has 1 fully saturated rings. The second-order valence-electron chi connectivity index (χ2n) is 7.11. The largest absolute Gasteiger partial charge is 0.465 e. The maximum Gasteiger partial charge on any atom is 0.337 e. The third-order valence-corrected chi connectivity index (χ3v) is 5.00. The molecule has 0 aromatic heterocycles. The molecule has 0 saturated carbocycles. The number of piperidine rings is 1. The number of ether oxygens (including phenoxy) is 2. The molecular formula is C22H27N3O3. The molecule has 1 aliphatic heterocycles. The van der Waals surface area contributed by atoms with Crippen molar-refractivity contribution in [1.29, 1.82) is 5.41 Å². The normalized spacial score (nSPS) is 14.6. The van der Waals surface area contributed by atoms with Crippen molar-refractivity contribution in [3.8, 4) is 11.1 Å². The number of rotatable bonds is 7. The van der Waals surface area contributed by atoms with E-state index in [1.54, 1.807) is 12.1 Å². The fraction of sp³-hybridized carbons (Fsp3) is 0.364. The van der Waals surface area contributed by atoms with Crippen LogP contribution in [0.2, 0.25) is 0 Å². The standard InChI is InChI=1S/C22H27N3O3/c1-27-22(26)20-10-16(14-28-13-15-5-7-25-8-6-15)9-19(12-20)17-3-2-4-18(11-17)21(23)24/h2-4,9-12,15,25H,5-8,13-14H2,1H3,(H3,23,24). The van der Waals surface area contributed by atoms with E-state index < -0.39 is 0 Å². The molecule has 2 aromatic rings. The summed E-state index contributed by atoms with van der Waals surface area (Å²) in [5.74, 6) is 0.206. The molecule has 0 aliphatic carbocycles. The van der Waals surface area contributed by atoms with Crippen LogP contribution in [0.15, 0.2) is 42.5 Å². The minimum atomic E-state index is -0.385. The van der Waals surface area contributed by atoms with Gasteiger partial charge in [-0.2, -0.15) is 0 Å². The van der Waals surface area contributed by atoms with E-state index >= 15 is 0 Å². The lowest BCUT2D eigenvalue weighted by Crippen LogP contribution is -2.29. The van der Waals surface area contributed by atoms with E-state index in [4.69, 9.17) is 20.6 Å². The predicted molar refractivity (Wildman–Crippen MR) is 109 cm³/mol. The molecular weight excluding hydrogens is 354 g/mol. The molecule has 28 heavy (non-hydrogen) atoms. The highest BCUT2D eigenvalue weighted by atomic mass is 16.5. The Labute approximate surface area is 165 Å². The van der Waals surface area contributed by atoms with E-state index in [9.17, 15) is 4.79 Å². The van der Waals surface area contributed by atoms with Crippen molar-refractivity contribution in [2.75, 3.05) is 26.8 Å². The lowest BCUT2D eigenvalue weighted by Gasteiger charge is -2.22. The van der Waals surface area contributed by atoms with Gasteiger partial charge >= 0.3 is 5.97 Å². The lowest BCUT2D eigenvalue weighted by molar-refractivity contribution is 0.0599. The summed E-state index contributed by atoms with van der Waals surface area (Å²) in [6, 6.07) is 13.0. The molecule has 2 aromatic carbocycles. The summed E-state index contributed by atoms with van der Waals surface area (Å²) in [5, 5.41) is 11.0. The van der Waals surface area contributed by atoms with Gasteiger partial charge in [-0.25, -0.2) is 4.79 Å². The summed E-state index contributed by atoms with van der Waals surface area (Å²) in [4.78, 5) is 12.1. The van der Waals surface area contributed by atoms with Crippen molar-refractivity contribution in [2.24, 2.45) is 11.7 Å². The van der Waals surface area contributed by atoms with E-state index in [1.807, 2.05) is 30.3 Å². The Morgan fingerprint density at radius 1 is 1.14 bits per heavy atom. The number of carbonyl (C=O) groups excluding carboxylic acids is 1. The van der Waals surface area contributed by atoms with Crippen LogP contribution in [0.4, 0.5) is 0 Å². The Hall–Kier alpha value is -2.70. The summed E-state index contributed by atoms with van der Waals surface area (Å²) in [6.45, 7) is 3.25. The van der Waals surface area contributed by atoms with Gasteiger partial charge in [-0.3, -0.25) is 5.41 Å². The first-order valence-electron chi connectivity index (χ1n) is 9.52. The number of carbonyl (C=O) groups is 1. The Kier molecular flexibility index (Phi) is 6.79. The number of nitrogens with two attached hydrogens (primary N) is 1. The number of hydrogen-bond donors (Lipinski definition) is 3. The highest BCUT2D eigenvalue weighted by Crippen LogP contribution is 2.25. The second kappa shape index (κ2) is 9.48. The van der Waals surface area contributed by atoms with E-state index in [-0.39, 0.29) is 11.8 Å². The minimum absolute atomic E-state index is 0.0106. The topological polar surface area (TPSA) is 97.4 Å². The Morgan fingerprint density at radius 3 is 2.61 bits per heavy atom. The smallest absolute Gasteiger partial charge is 0.337 e. The number of methoxy groups -OCH3 is 1. The van der Waals surface area contributed by atoms with Crippen LogP contribution in [0.25, 0.3) is 11.1 Å². The predicted octanol–water partition coefficient (Wildman–Crippen LogP) is 2.94. The molecule has 0 unspecified atom stereocenters. The number of nitrogen functional groups attached to an aromatic ring is 1. The van der Waals surface area contributed by atoms with Gasteiger partial charge in [-0.1, -0.05) is 18.2 Å². The second-order valence-corrected chi connectivity index (χ2v) is 7.11. The Balaban J connectivity index is 1.81. The van der Waals surface area contributed by atoms with Gasteiger partial charge in [0.25, 0.3) is 0 Å². The number of nitrogens with one attached hydrogen (secondary N) is 2. The van der Waals surface area contributed by atoms with Gasteiger partial charge in [-0.05, 0) is 72.8 Å². The van der Waals surface area contributed by atoms with Crippen LogP contribution in [-0.4, -0.2) is 38.6 Å². The highest BCUT2D eigenvalue weighted by molar-refractivity contribution is 5.96. The quantitative estimate of drug-likeness (QED) is 0.389. The Morgan fingerprint density at radius 2 is 1.89 bits per heavy atom. The van der Waals surface area contributed by atoms with Gasteiger partial charge in [0.05, 0.1) is 19.3 Å². The monoisotopic (exact) mass is 381 g/mol. The van der Waals surface area contributed by atoms with Gasteiger partial charge in [0, 0.05) is 12.2 Å². The average Bonchev–Trinajstić information content (AvgIpc) is 2.73. The van der Waals surface area contributed by atoms with E-state index in [2.05, 4.69) is 5.32 Å². The van der Waals surface area contributed by atoms with Crippen LogP contribution in [-0.2, 0) is 16.1 Å². The van der Waals surface area contributed by atoms with Crippen LogP contribution in [0.5, 0.6) is 0 Å². The molecule has 1 heterocycles. The Bertz CT molecular complexity index is 845. The summed E-state index contributed by atoms with van der Waals surface area (Å²) in [7, 11) is 1.37. The lowest BCUT2D eigenvalue weighted by atomic mass is 9.98. The third-order valence-electron chi connectivity index (χ3n) is 5.00. The molecule has 0 atom stereocenters. The van der Waals surface area contributed by atoms with Crippen LogP contribution in [0.3, 0.4) is 0 Å². The van der Waals surface area contributed by atoms with Gasteiger partial charge in [-0.15, -0.1) is 0 Å². The SMILES string of the molecule is COC(=O)c1cc(COCC2CCNCC2)cc(-c2cccc(C(=N)N)c2)c1. The molecule has 4 N–H and O–H groups in total. The van der Waals surface area contributed by atoms with Gasteiger partial charge < -0.3 is 20.5 Å². The molecule has 0 amide bonds. The van der Waals surface area contributed by atoms with E-state index in [0.717, 1.165) is 49.2 Å². The number of esters is 1. The van der Waals surface area contributed by atoms with Crippen molar-refractivity contribution < 1.29 is 14.3 Å². The van der Waals surface area contributed by atoms with Crippen LogP contribution in [0.1, 0.15) is 34.3 Å². The minimum Gasteiger partial charge on any atom is -0.465 e. The molecule has 3 rings (SSSR count). The van der Waals surface area contributed by atoms with Crippen molar-refractivity contribution in [1.82, 2.24) is 5.32 Å². The molecule has 6 nitrogen and oxygen atoms in total. The number of hydrogen-bond acceptors (Lipinski definition) is 5. The van der Waals surface area contributed by atoms with E-state index in [0.29, 0.717) is 23.7 Å². The van der Waals surface area contributed by atoms with Crippen molar-refractivity contribution in [3.05, 3.63) is 59.2 Å². The first kappa shape index (κ1) is 20.0. The molecule has 148 valence electrons. The third kappa shape index (κ3) is 5.18. The van der Waals surface area contributed by atoms with Crippen molar-refractivity contribution in [2.45, 2.75) is 19.4 Å². The fourth-order valence-electron chi connectivity index (χ4n) is 3.44. The van der Waals surface area contributed by atoms with Crippen molar-refractivity contribution >= 4 is 11.8 Å². The van der Waals surface area contributed by atoms with Crippen molar-refractivity contribution in [3.63, 3.8) is 0 Å². The van der Waals surface area contributed by atoms with Gasteiger partial charge in [0.15, 0.2) is 0 Å². The number of benzene rings is 2. The zero-order chi connectivity index (χ0) is 19.9. The van der Waals surface area contributed by atoms with Gasteiger partial charge in [0.1, 0.15) is 5.84 Å². The summed E-state index contributed by atoms with van der Waals surface area (Å²) < 4.78 is 10.8. The summed E-state index contributed by atoms with van der Waals surface area (Å²) in [6.07, 6.45) is 2.26. The molecule has 6 heteroatoms.